The van der Waals surface area contributed by atoms with Gasteiger partial charge in [0.05, 0.1) is 11.5 Å². The van der Waals surface area contributed by atoms with E-state index in [0.717, 1.165) is 0 Å². The first-order valence-corrected chi connectivity index (χ1v) is 7.18. The maximum atomic E-state index is 12.4. The Labute approximate surface area is 124 Å². The van der Waals surface area contributed by atoms with Gasteiger partial charge in [-0.05, 0) is 31.2 Å². The molecule has 0 saturated carbocycles. The Morgan fingerprint density at radius 3 is 2.79 bits per heavy atom. The smallest absolute Gasteiger partial charge is 0.228 e. The SMILES string of the molecule is CC(NC(=O)C1(CN)CCOCC1)c1cccs1.Cl. The number of carbonyl (C=O) groups excluding carboxylic acids is 1. The summed E-state index contributed by atoms with van der Waals surface area (Å²) in [6, 6.07) is 4.08. The minimum Gasteiger partial charge on any atom is -0.381 e. The minimum absolute atomic E-state index is 0. The van der Waals surface area contributed by atoms with Gasteiger partial charge in [-0.2, -0.15) is 0 Å². The van der Waals surface area contributed by atoms with Gasteiger partial charge in [0.1, 0.15) is 0 Å². The van der Waals surface area contributed by atoms with Crippen molar-refractivity contribution in [3.05, 3.63) is 22.4 Å². The molecule has 1 unspecified atom stereocenters. The van der Waals surface area contributed by atoms with E-state index in [1.54, 1.807) is 11.3 Å². The summed E-state index contributed by atoms with van der Waals surface area (Å²) >= 11 is 1.66. The second-order valence-electron chi connectivity index (χ2n) is 4.81. The number of hydrogen-bond acceptors (Lipinski definition) is 4. The predicted octanol–water partition coefficient (Wildman–Crippen LogP) is 2.10. The lowest BCUT2D eigenvalue weighted by Crippen LogP contribution is -2.49. The largest absolute Gasteiger partial charge is 0.381 e. The summed E-state index contributed by atoms with van der Waals surface area (Å²) < 4.78 is 5.32. The Balaban J connectivity index is 0.00000180. The van der Waals surface area contributed by atoms with E-state index in [9.17, 15) is 4.79 Å². The van der Waals surface area contributed by atoms with Crippen LogP contribution in [0.25, 0.3) is 0 Å². The molecule has 4 nitrogen and oxygen atoms in total. The summed E-state index contributed by atoms with van der Waals surface area (Å²) in [5.74, 6) is 0.0641. The van der Waals surface area contributed by atoms with Crippen LogP contribution in [0.5, 0.6) is 0 Å². The second kappa shape index (κ2) is 7.24. The first-order chi connectivity index (χ1) is 8.68. The van der Waals surface area contributed by atoms with Crippen LogP contribution in [0.2, 0.25) is 0 Å². The quantitative estimate of drug-likeness (QED) is 0.895. The van der Waals surface area contributed by atoms with Gasteiger partial charge in [0.25, 0.3) is 0 Å². The molecule has 108 valence electrons. The molecule has 1 atom stereocenters. The molecule has 1 aliphatic heterocycles. The third-order valence-corrected chi connectivity index (χ3v) is 4.69. The van der Waals surface area contributed by atoms with Crippen molar-refractivity contribution in [2.45, 2.75) is 25.8 Å². The van der Waals surface area contributed by atoms with Crippen LogP contribution in [0.3, 0.4) is 0 Å². The summed E-state index contributed by atoms with van der Waals surface area (Å²) in [5.41, 5.74) is 5.38. The average molecular weight is 305 g/mol. The molecule has 0 radical (unpaired) electrons. The first kappa shape index (κ1) is 16.4. The number of ether oxygens (including phenoxy) is 1. The molecular formula is C13H21ClN2O2S. The Morgan fingerprint density at radius 2 is 2.26 bits per heavy atom. The zero-order valence-corrected chi connectivity index (χ0v) is 12.7. The van der Waals surface area contributed by atoms with E-state index >= 15 is 0 Å². The van der Waals surface area contributed by atoms with Crippen molar-refractivity contribution in [3.8, 4) is 0 Å². The maximum absolute atomic E-state index is 12.4. The van der Waals surface area contributed by atoms with Crippen LogP contribution in [0, 0.1) is 5.41 Å². The third kappa shape index (κ3) is 3.69. The molecule has 3 N–H and O–H groups in total. The topological polar surface area (TPSA) is 64.4 Å². The van der Waals surface area contributed by atoms with E-state index in [-0.39, 0.29) is 24.4 Å². The monoisotopic (exact) mass is 304 g/mol. The average Bonchev–Trinajstić information content (AvgIpc) is 2.93. The van der Waals surface area contributed by atoms with Crippen molar-refractivity contribution in [1.82, 2.24) is 5.32 Å². The fourth-order valence-corrected chi connectivity index (χ4v) is 2.98. The van der Waals surface area contributed by atoms with Gasteiger partial charge in [0.15, 0.2) is 0 Å². The van der Waals surface area contributed by atoms with Crippen LogP contribution in [0.4, 0.5) is 0 Å². The van der Waals surface area contributed by atoms with E-state index in [0.29, 0.717) is 32.6 Å². The number of hydrogen-bond donors (Lipinski definition) is 2. The first-order valence-electron chi connectivity index (χ1n) is 6.30. The summed E-state index contributed by atoms with van der Waals surface area (Å²) in [4.78, 5) is 13.6. The van der Waals surface area contributed by atoms with E-state index < -0.39 is 5.41 Å². The fraction of sp³-hybridized carbons (Fsp3) is 0.615. The van der Waals surface area contributed by atoms with Crippen LogP contribution < -0.4 is 11.1 Å². The van der Waals surface area contributed by atoms with Gasteiger partial charge >= 0.3 is 0 Å². The van der Waals surface area contributed by atoms with Crippen molar-refractivity contribution in [3.63, 3.8) is 0 Å². The highest BCUT2D eigenvalue weighted by Gasteiger charge is 2.39. The van der Waals surface area contributed by atoms with Crippen LogP contribution in [0.15, 0.2) is 17.5 Å². The number of carbonyl (C=O) groups is 1. The van der Waals surface area contributed by atoms with E-state index in [1.165, 1.54) is 4.88 Å². The van der Waals surface area contributed by atoms with Gasteiger partial charge in [0.2, 0.25) is 5.91 Å². The van der Waals surface area contributed by atoms with Crippen LogP contribution in [-0.4, -0.2) is 25.7 Å². The van der Waals surface area contributed by atoms with Gasteiger partial charge in [0, 0.05) is 24.6 Å². The summed E-state index contributed by atoms with van der Waals surface area (Å²) in [6.45, 7) is 3.64. The van der Waals surface area contributed by atoms with Gasteiger partial charge in [-0.15, -0.1) is 23.7 Å². The standard InChI is InChI=1S/C13H20N2O2S.ClH/c1-10(11-3-2-8-18-11)15-12(16)13(9-14)4-6-17-7-5-13;/h2-3,8,10H,4-7,9,14H2,1H3,(H,15,16);1H. The molecule has 1 aromatic rings. The molecular weight excluding hydrogens is 284 g/mol. The molecule has 0 bridgehead atoms. The summed E-state index contributed by atoms with van der Waals surface area (Å²) in [7, 11) is 0. The molecule has 2 rings (SSSR count). The maximum Gasteiger partial charge on any atom is 0.228 e. The number of nitrogens with one attached hydrogen (secondary N) is 1. The molecule has 1 fully saturated rings. The zero-order chi connectivity index (χ0) is 13.0. The molecule has 6 heteroatoms. The molecule has 1 aromatic heterocycles. The number of thiophene rings is 1. The van der Waals surface area contributed by atoms with Crippen molar-refractivity contribution in [2.75, 3.05) is 19.8 Å². The lowest BCUT2D eigenvalue weighted by Gasteiger charge is -2.35. The lowest BCUT2D eigenvalue weighted by molar-refractivity contribution is -0.136. The van der Waals surface area contributed by atoms with Crippen LogP contribution in [-0.2, 0) is 9.53 Å². The lowest BCUT2D eigenvalue weighted by atomic mass is 9.79. The molecule has 1 amide bonds. The zero-order valence-electron chi connectivity index (χ0n) is 11.1. The molecule has 0 spiro atoms. The van der Waals surface area contributed by atoms with Gasteiger partial charge in [-0.3, -0.25) is 4.79 Å². The van der Waals surface area contributed by atoms with E-state index in [1.807, 2.05) is 24.4 Å². The Bertz CT molecular complexity index is 391. The fourth-order valence-electron chi connectivity index (χ4n) is 2.24. The van der Waals surface area contributed by atoms with E-state index in [2.05, 4.69) is 5.32 Å². The minimum atomic E-state index is -0.441. The molecule has 1 aliphatic rings. The van der Waals surface area contributed by atoms with Crippen molar-refractivity contribution < 1.29 is 9.53 Å². The van der Waals surface area contributed by atoms with Gasteiger partial charge in [-0.25, -0.2) is 0 Å². The third-order valence-electron chi connectivity index (χ3n) is 3.64. The molecule has 2 heterocycles. The highest BCUT2D eigenvalue weighted by Crippen LogP contribution is 2.30. The second-order valence-corrected chi connectivity index (χ2v) is 5.79. The summed E-state index contributed by atoms with van der Waals surface area (Å²) in [5, 5.41) is 5.10. The Hall–Kier alpha value is -0.620. The number of nitrogens with two attached hydrogens (primary N) is 1. The van der Waals surface area contributed by atoms with Gasteiger partial charge < -0.3 is 15.8 Å². The van der Waals surface area contributed by atoms with Crippen molar-refractivity contribution >= 4 is 29.7 Å². The predicted molar refractivity (Wildman–Crippen MR) is 79.7 cm³/mol. The van der Waals surface area contributed by atoms with Gasteiger partial charge in [-0.1, -0.05) is 6.07 Å². The molecule has 1 saturated heterocycles. The highest BCUT2D eigenvalue weighted by molar-refractivity contribution is 7.10. The Morgan fingerprint density at radius 1 is 1.58 bits per heavy atom. The normalized spacial score (nSPS) is 19.3. The highest BCUT2D eigenvalue weighted by atomic mass is 35.5. The molecule has 0 aromatic carbocycles. The number of rotatable bonds is 4. The van der Waals surface area contributed by atoms with Crippen molar-refractivity contribution in [2.24, 2.45) is 11.1 Å². The van der Waals surface area contributed by atoms with E-state index in [4.69, 9.17) is 10.5 Å². The number of halogens is 1. The molecule has 0 aliphatic carbocycles. The molecule has 19 heavy (non-hydrogen) atoms. The van der Waals surface area contributed by atoms with Crippen molar-refractivity contribution in [1.29, 1.82) is 0 Å². The Kier molecular flexibility index (Phi) is 6.26. The number of amides is 1. The van der Waals surface area contributed by atoms with Crippen LogP contribution in [0.1, 0.15) is 30.7 Å². The van der Waals surface area contributed by atoms with Crippen LogP contribution >= 0.6 is 23.7 Å². The summed E-state index contributed by atoms with van der Waals surface area (Å²) in [6.07, 6.45) is 1.43.